The highest BCUT2D eigenvalue weighted by molar-refractivity contribution is 6.30. The standard InChI is InChI=1S/C16H13Cl2FO2/c17-13-4-1-10(2-5-13)7-12(16(20)21)8-11-3-6-14(18)9-15(11)19/h1-6,9,12H,7-8H2,(H,20,21). The Morgan fingerprint density at radius 1 is 1.05 bits per heavy atom. The fraction of sp³-hybridized carbons (Fsp3) is 0.188. The van der Waals surface area contributed by atoms with Crippen molar-refractivity contribution in [2.24, 2.45) is 5.92 Å². The summed E-state index contributed by atoms with van der Waals surface area (Å²) >= 11 is 11.5. The maximum atomic E-state index is 13.8. The Hall–Kier alpha value is -1.58. The quantitative estimate of drug-likeness (QED) is 0.870. The van der Waals surface area contributed by atoms with E-state index in [4.69, 9.17) is 23.2 Å². The minimum absolute atomic E-state index is 0.112. The van der Waals surface area contributed by atoms with Gasteiger partial charge in [-0.25, -0.2) is 4.39 Å². The number of hydrogen-bond donors (Lipinski definition) is 1. The first-order valence-corrected chi connectivity index (χ1v) is 7.12. The predicted molar refractivity (Wildman–Crippen MR) is 81.4 cm³/mol. The Morgan fingerprint density at radius 3 is 2.24 bits per heavy atom. The van der Waals surface area contributed by atoms with Crippen LogP contribution in [0.1, 0.15) is 11.1 Å². The fourth-order valence-corrected chi connectivity index (χ4v) is 2.39. The molecule has 21 heavy (non-hydrogen) atoms. The number of carboxylic acids is 1. The van der Waals surface area contributed by atoms with Crippen molar-refractivity contribution in [1.82, 2.24) is 0 Å². The first-order valence-electron chi connectivity index (χ1n) is 6.37. The SMILES string of the molecule is O=C(O)C(Cc1ccc(Cl)cc1)Cc1ccc(Cl)cc1F. The summed E-state index contributed by atoms with van der Waals surface area (Å²) in [5, 5.41) is 10.2. The zero-order chi connectivity index (χ0) is 15.4. The molecule has 2 aromatic rings. The van der Waals surface area contributed by atoms with Gasteiger partial charge in [-0.2, -0.15) is 0 Å². The topological polar surface area (TPSA) is 37.3 Å². The molecule has 2 rings (SSSR count). The monoisotopic (exact) mass is 326 g/mol. The fourth-order valence-electron chi connectivity index (χ4n) is 2.10. The van der Waals surface area contributed by atoms with Crippen molar-refractivity contribution in [2.75, 3.05) is 0 Å². The summed E-state index contributed by atoms with van der Waals surface area (Å²) in [6.45, 7) is 0. The van der Waals surface area contributed by atoms with E-state index in [1.165, 1.54) is 12.1 Å². The van der Waals surface area contributed by atoms with E-state index >= 15 is 0 Å². The molecule has 0 saturated heterocycles. The van der Waals surface area contributed by atoms with Crippen LogP contribution in [-0.2, 0) is 17.6 Å². The number of hydrogen-bond acceptors (Lipinski definition) is 1. The molecule has 0 amide bonds. The minimum atomic E-state index is -0.959. The van der Waals surface area contributed by atoms with Crippen LogP contribution in [0.5, 0.6) is 0 Å². The molecule has 5 heteroatoms. The van der Waals surface area contributed by atoms with Gasteiger partial charge in [-0.3, -0.25) is 4.79 Å². The third-order valence-electron chi connectivity index (χ3n) is 3.23. The largest absolute Gasteiger partial charge is 0.481 e. The van der Waals surface area contributed by atoms with Crippen molar-refractivity contribution in [3.05, 3.63) is 69.5 Å². The normalized spacial score (nSPS) is 12.1. The molecule has 0 aliphatic heterocycles. The number of carboxylic acid groups (broad SMARTS) is 1. The van der Waals surface area contributed by atoms with Gasteiger partial charge in [-0.15, -0.1) is 0 Å². The molecule has 1 N–H and O–H groups in total. The van der Waals surface area contributed by atoms with Crippen molar-refractivity contribution >= 4 is 29.2 Å². The average Bonchev–Trinajstić information content (AvgIpc) is 2.43. The Kier molecular flexibility index (Phi) is 5.21. The number of aliphatic carboxylic acids is 1. The van der Waals surface area contributed by atoms with E-state index in [-0.39, 0.29) is 6.42 Å². The summed E-state index contributed by atoms with van der Waals surface area (Å²) in [6, 6.07) is 11.2. The lowest BCUT2D eigenvalue weighted by molar-refractivity contribution is -0.141. The molecule has 0 radical (unpaired) electrons. The number of halogens is 3. The summed E-state index contributed by atoms with van der Waals surface area (Å²) in [4.78, 5) is 11.4. The lowest BCUT2D eigenvalue weighted by Gasteiger charge is -2.13. The average molecular weight is 327 g/mol. The van der Waals surface area contributed by atoms with Crippen LogP contribution in [0.2, 0.25) is 10.0 Å². The highest BCUT2D eigenvalue weighted by Gasteiger charge is 2.20. The Morgan fingerprint density at radius 2 is 1.67 bits per heavy atom. The first kappa shape index (κ1) is 15.8. The van der Waals surface area contributed by atoms with E-state index in [1.54, 1.807) is 30.3 Å². The van der Waals surface area contributed by atoms with Gasteiger partial charge in [0.25, 0.3) is 0 Å². The van der Waals surface area contributed by atoms with Crippen LogP contribution in [-0.4, -0.2) is 11.1 Å². The van der Waals surface area contributed by atoms with Crippen LogP contribution in [0.15, 0.2) is 42.5 Å². The molecule has 1 unspecified atom stereocenters. The molecular formula is C16H13Cl2FO2. The van der Waals surface area contributed by atoms with Gasteiger partial charge in [-0.1, -0.05) is 41.4 Å². The molecule has 0 spiro atoms. The van der Waals surface area contributed by atoms with Crippen molar-refractivity contribution in [2.45, 2.75) is 12.8 Å². The lowest BCUT2D eigenvalue weighted by Crippen LogP contribution is -2.19. The summed E-state index contributed by atoms with van der Waals surface area (Å²) in [5.74, 6) is -2.15. The number of rotatable bonds is 5. The Balaban J connectivity index is 2.15. The van der Waals surface area contributed by atoms with Crippen molar-refractivity contribution < 1.29 is 14.3 Å². The predicted octanol–water partition coefficient (Wildman–Crippen LogP) is 4.62. The molecule has 0 saturated carbocycles. The minimum Gasteiger partial charge on any atom is -0.481 e. The van der Waals surface area contributed by atoms with Crippen molar-refractivity contribution in [1.29, 1.82) is 0 Å². The third kappa shape index (κ3) is 4.45. The molecule has 110 valence electrons. The van der Waals surface area contributed by atoms with E-state index < -0.39 is 17.7 Å². The number of carbonyl (C=O) groups is 1. The first-order chi connectivity index (χ1) is 9.95. The van der Waals surface area contributed by atoms with Gasteiger partial charge in [0.05, 0.1) is 5.92 Å². The van der Waals surface area contributed by atoms with Gasteiger partial charge >= 0.3 is 5.97 Å². The molecule has 0 fully saturated rings. The number of benzene rings is 2. The second kappa shape index (κ2) is 6.92. The van der Waals surface area contributed by atoms with Gasteiger partial charge in [0.15, 0.2) is 0 Å². The second-order valence-corrected chi connectivity index (χ2v) is 5.68. The molecule has 0 aromatic heterocycles. The molecule has 2 nitrogen and oxygen atoms in total. The van der Waals surface area contributed by atoms with E-state index in [0.717, 1.165) is 5.56 Å². The highest BCUT2D eigenvalue weighted by Crippen LogP contribution is 2.21. The molecule has 1 atom stereocenters. The van der Waals surface area contributed by atoms with Crippen molar-refractivity contribution in [3.8, 4) is 0 Å². The van der Waals surface area contributed by atoms with E-state index in [1.807, 2.05) is 0 Å². The maximum absolute atomic E-state index is 13.8. The molecule has 2 aromatic carbocycles. The summed E-state index contributed by atoms with van der Waals surface area (Å²) < 4.78 is 13.8. The summed E-state index contributed by atoms with van der Waals surface area (Å²) in [5.41, 5.74) is 1.20. The van der Waals surface area contributed by atoms with Gasteiger partial charge in [0, 0.05) is 10.0 Å². The van der Waals surface area contributed by atoms with Gasteiger partial charge in [0.1, 0.15) is 5.82 Å². The zero-order valence-corrected chi connectivity index (χ0v) is 12.5. The van der Waals surface area contributed by atoms with Crippen LogP contribution in [0.25, 0.3) is 0 Å². The van der Waals surface area contributed by atoms with Gasteiger partial charge in [0.2, 0.25) is 0 Å². The third-order valence-corrected chi connectivity index (χ3v) is 3.71. The van der Waals surface area contributed by atoms with E-state index in [0.29, 0.717) is 22.0 Å². The smallest absolute Gasteiger partial charge is 0.307 e. The Bertz CT molecular complexity index is 641. The van der Waals surface area contributed by atoms with Gasteiger partial charge in [-0.05, 0) is 48.2 Å². The molecule has 0 aliphatic carbocycles. The molecule has 0 aliphatic rings. The summed E-state index contributed by atoms with van der Waals surface area (Å²) in [6.07, 6.45) is 0.426. The van der Waals surface area contributed by atoms with Crippen LogP contribution < -0.4 is 0 Å². The van der Waals surface area contributed by atoms with E-state index in [9.17, 15) is 14.3 Å². The zero-order valence-electron chi connectivity index (χ0n) is 11.0. The summed E-state index contributed by atoms with van der Waals surface area (Å²) in [7, 11) is 0. The molecule has 0 heterocycles. The lowest BCUT2D eigenvalue weighted by atomic mass is 9.92. The Labute approximate surface area is 132 Å². The molecule has 0 bridgehead atoms. The second-order valence-electron chi connectivity index (χ2n) is 4.81. The highest BCUT2D eigenvalue weighted by atomic mass is 35.5. The van der Waals surface area contributed by atoms with Crippen LogP contribution in [0.4, 0.5) is 4.39 Å². The maximum Gasteiger partial charge on any atom is 0.307 e. The van der Waals surface area contributed by atoms with Crippen LogP contribution >= 0.6 is 23.2 Å². The van der Waals surface area contributed by atoms with Crippen molar-refractivity contribution in [3.63, 3.8) is 0 Å². The van der Waals surface area contributed by atoms with Gasteiger partial charge < -0.3 is 5.11 Å². The molecular weight excluding hydrogens is 314 g/mol. The van der Waals surface area contributed by atoms with Crippen LogP contribution in [0.3, 0.4) is 0 Å². The van der Waals surface area contributed by atoms with Crippen LogP contribution in [0, 0.1) is 11.7 Å². The van der Waals surface area contributed by atoms with E-state index in [2.05, 4.69) is 0 Å².